The number of nitrogens with one attached hydrogen (secondary N) is 2. The van der Waals surface area contributed by atoms with E-state index >= 15 is 0 Å². The Hall–Kier alpha value is -1.89. The van der Waals surface area contributed by atoms with Crippen LogP contribution < -0.4 is 10.7 Å². The van der Waals surface area contributed by atoms with E-state index in [0.29, 0.717) is 12.0 Å². The van der Waals surface area contributed by atoms with Gasteiger partial charge in [-0.25, -0.2) is 4.79 Å². The van der Waals surface area contributed by atoms with E-state index in [9.17, 15) is 14.4 Å². The number of unbranched alkanes of at least 4 members (excludes halogenated alkanes) is 4. The lowest BCUT2D eigenvalue weighted by Gasteiger charge is -2.21. The first-order chi connectivity index (χ1) is 11.0. The zero-order chi connectivity index (χ0) is 16.9. The van der Waals surface area contributed by atoms with Crippen molar-refractivity contribution in [3.63, 3.8) is 0 Å². The summed E-state index contributed by atoms with van der Waals surface area (Å²) < 4.78 is 0. The minimum atomic E-state index is -0.939. The molecule has 2 rings (SSSR count). The maximum atomic E-state index is 12.5. The molecule has 1 saturated heterocycles. The standard InChI is InChI=1S/C16H23N3O3S/c1-3-4-5-6-7-9-16(2)14(21)19(15(22)17-16)18-13(20)12-8-10-23-11-12/h8,10-11H,3-7,9H2,1-2H3,(H,17,22)(H,18,20)/t16-/m1/s1. The molecule has 2 heterocycles. The molecule has 0 spiro atoms. The quantitative estimate of drug-likeness (QED) is 0.565. The van der Waals surface area contributed by atoms with E-state index in [4.69, 9.17) is 0 Å². The molecule has 0 bridgehead atoms. The zero-order valence-electron chi connectivity index (χ0n) is 13.6. The average Bonchev–Trinajstić information content (AvgIpc) is 3.11. The summed E-state index contributed by atoms with van der Waals surface area (Å²) in [6.45, 7) is 3.86. The summed E-state index contributed by atoms with van der Waals surface area (Å²) in [6, 6.07) is 1.07. The summed E-state index contributed by atoms with van der Waals surface area (Å²) in [5, 5.41) is 6.93. The van der Waals surface area contributed by atoms with Crippen LogP contribution in [0.4, 0.5) is 4.79 Å². The molecule has 0 unspecified atom stereocenters. The van der Waals surface area contributed by atoms with Crippen LogP contribution in [0.3, 0.4) is 0 Å². The summed E-state index contributed by atoms with van der Waals surface area (Å²) in [5.74, 6) is -0.858. The second-order valence-electron chi connectivity index (χ2n) is 6.02. The van der Waals surface area contributed by atoms with Crippen molar-refractivity contribution in [1.82, 2.24) is 15.8 Å². The third-order valence-corrected chi connectivity index (χ3v) is 4.72. The summed E-state index contributed by atoms with van der Waals surface area (Å²) in [5.41, 5.74) is 1.88. The molecule has 1 aromatic rings. The van der Waals surface area contributed by atoms with Crippen molar-refractivity contribution < 1.29 is 14.4 Å². The van der Waals surface area contributed by atoms with Gasteiger partial charge in [-0.2, -0.15) is 16.3 Å². The predicted octanol–water partition coefficient (Wildman–Crippen LogP) is 3.06. The second kappa shape index (κ2) is 7.59. The van der Waals surface area contributed by atoms with Gasteiger partial charge in [0, 0.05) is 5.38 Å². The molecule has 1 fully saturated rings. The molecular weight excluding hydrogens is 314 g/mol. The van der Waals surface area contributed by atoms with Crippen LogP contribution in [0.1, 0.15) is 62.7 Å². The molecule has 0 saturated carbocycles. The highest BCUT2D eigenvalue weighted by molar-refractivity contribution is 7.08. The van der Waals surface area contributed by atoms with Crippen LogP contribution in [0.15, 0.2) is 16.8 Å². The first-order valence-corrected chi connectivity index (χ1v) is 8.92. The van der Waals surface area contributed by atoms with Gasteiger partial charge in [0.15, 0.2) is 0 Å². The molecule has 126 valence electrons. The number of thiophene rings is 1. The van der Waals surface area contributed by atoms with Gasteiger partial charge in [-0.15, -0.1) is 0 Å². The molecule has 2 N–H and O–H groups in total. The molecule has 0 radical (unpaired) electrons. The first kappa shape index (κ1) is 17.5. The van der Waals surface area contributed by atoms with Crippen molar-refractivity contribution >= 4 is 29.2 Å². The van der Waals surface area contributed by atoms with Gasteiger partial charge in [0.2, 0.25) is 0 Å². The van der Waals surface area contributed by atoms with E-state index in [-0.39, 0.29) is 0 Å². The molecule has 23 heavy (non-hydrogen) atoms. The molecule has 7 heteroatoms. The summed E-state index contributed by atoms with van der Waals surface area (Å²) in [4.78, 5) is 36.5. The molecular formula is C16H23N3O3S. The van der Waals surface area contributed by atoms with E-state index in [1.54, 1.807) is 23.8 Å². The number of amides is 4. The molecule has 4 amide bonds. The van der Waals surface area contributed by atoms with Gasteiger partial charge in [0.25, 0.3) is 11.8 Å². The number of carbonyl (C=O) groups is 3. The van der Waals surface area contributed by atoms with Crippen molar-refractivity contribution in [2.24, 2.45) is 0 Å². The van der Waals surface area contributed by atoms with Gasteiger partial charge >= 0.3 is 6.03 Å². The largest absolute Gasteiger partial charge is 0.344 e. The molecule has 1 aliphatic rings. The van der Waals surface area contributed by atoms with Gasteiger partial charge in [-0.1, -0.05) is 39.0 Å². The minimum Gasteiger partial charge on any atom is -0.322 e. The third-order valence-electron chi connectivity index (χ3n) is 4.04. The fourth-order valence-electron chi connectivity index (χ4n) is 2.60. The van der Waals surface area contributed by atoms with Gasteiger partial charge in [0.1, 0.15) is 5.54 Å². The Balaban J connectivity index is 1.92. The Bertz CT molecular complexity index is 573. The van der Waals surface area contributed by atoms with Crippen molar-refractivity contribution in [1.29, 1.82) is 0 Å². The fourth-order valence-corrected chi connectivity index (χ4v) is 3.23. The van der Waals surface area contributed by atoms with Crippen molar-refractivity contribution in [2.75, 3.05) is 0 Å². The smallest absolute Gasteiger partial charge is 0.322 e. The van der Waals surface area contributed by atoms with E-state index in [1.165, 1.54) is 17.8 Å². The Morgan fingerprint density at radius 2 is 2.04 bits per heavy atom. The number of carbonyl (C=O) groups excluding carboxylic acids is 3. The Labute approximate surface area is 140 Å². The number of urea groups is 1. The van der Waals surface area contributed by atoms with Crippen LogP contribution >= 0.6 is 11.3 Å². The third kappa shape index (κ3) is 4.10. The van der Waals surface area contributed by atoms with E-state index in [2.05, 4.69) is 17.7 Å². The number of hydrogen-bond donors (Lipinski definition) is 2. The van der Waals surface area contributed by atoms with Gasteiger partial charge in [0.05, 0.1) is 5.56 Å². The topological polar surface area (TPSA) is 78.5 Å². The average molecular weight is 337 g/mol. The maximum Gasteiger partial charge on any atom is 0.344 e. The van der Waals surface area contributed by atoms with Crippen LogP contribution in [0, 0.1) is 0 Å². The number of hydrazine groups is 1. The minimum absolute atomic E-state index is 0.401. The number of imide groups is 1. The lowest BCUT2D eigenvalue weighted by Crippen LogP contribution is -2.48. The monoisotopic (exact) mass is 337 g/mol. The van der Waals surface area contributed by atoms with E-state index < -0.39 is 23.4 Å². The maximum absolute atomic E-state index is 12.5. The Morgan fingerprint density at radius 3 is 2.70 bits per heavy atom. The van der Waals surface area contributed by atoms with Gasteiger partial charge in [-0.05, 0) is 24.8 Å². The van der Waals surface area contributed by atoms with Crippen LogP contribution in [-0.2, 0) is 4.79 Å². The van der Waals surface area contributed by atoms with Crippen LogP contribution in [0.2, 0.25) is 0 Å². The van der Waals surface area contributed by atoms with Crippen molar-refractivity contribution in [2.45, 2.75) is 57.9 Å². The SMILES string of the molecule is CCCCCCC[C@@]1(C)NC(=O)N(NC(=O)c2ccsc2)C1=O. The lowest BCUT2D eigenvalue weighted by molar-refractivity contribution is -0.132. The van der Waals surface area contributed by atoms with Gasteiger partial charge in [-0.3, -0.25) is 15.0 Å². The highest BCUT2D eigenvalue weighted by Gasteiger charge is 2.48. The molecule has 1 atom stereocenters. The van der Waals surface area contributed by atoms with Gasteiger partial charge < -0.3 is 5.32 Å². The molecule has 6 nitrogen and oxygen atoms in total. The van der Waals surface area contributed by atoms with Crippen LogP contribution in [0.25, 0.3) is 0 Å². The normalized spacial score (nSPS) is 20.7. The lowest BCUT2D eigenvalue weighted by atomic mass is 9.94. The molecule has 0 aliphatic carbocycles. The number of hydrogen-bond acceptors (Lipinski definition) is 4. The molecule has 1 aromatic heterocycles. The first-order valence-electron chi connectivity index (χ1n) is 7.98. The summed E-state index contributed by atoms with van der Waals surface area (Å²) in [6.07, 6.45) is 5.96. The molecule has 0 aromatic carbocycles. The summed E-state index contributed by atoms with van der Waals surface area (Å²) >= 11 is 1.38. The Kier molecular flexibility index (Phi) is 5.76. The Morgan fingerprint density at radius 1 is 1.30 bits per heavy atom. The predicted molar refractivity (Wildman–Crippen MR) is 88.9 cm³/mol. The summed E-state index contributed by atoms with van der Waals surface area (Å²) in [7, 11) is 0. The number of rotatable bonds is 8. The number of nitrogens with zero attached hydrogens (tertiary/aromatic N) is 1. The van der Waals surface area contributed by atoms with Crippen LogP contribution in [0.5, 0.6) is 0 Å². The molecule has 1 aliphatic heterocycles. The second-order valence-corrected chi connectivity index (χ2v) is 6.80. The van der Waals surface area contributed by atoms with Crippen molar-refractivity contribution in [3.8, 4) is 0 Å². The van der Waals surface area contributed by atoms with E-state index in [1.807, 2.05) is 0 Å². The zero-order valence-corrected chi connectivity index (χ0v) is 14.4. The highest BCUT2D eigenvalue weighted by Crippen LogP contribution is 2.23. The van der Waals surface area contributed by atoms with Crippen molar-refractivity contribution in [3.05, 3.63) is 22.4 Å². The van der Waals surface area contributed by atoms with E-state index in [0.717, 1.165) is 30.7 Å². The fraction of sp³-hybridized carbons (Fsp3) is 0.562. The van der Waals surface area contributed by atoms with Crippen LogP contribution in [-0.4, -0.2) is 28.4 Å². The highest BCUT2D eigenvalue weighted by atomic mass is 32.1.